The molecule has 0 radical (unpaired) electrons. The number of benzene rings is 1. The van der Waals surface area contributed by atoms with E-state index in [1.807, 2.05) is 6.07 Å². The SMILES string of the molecule is N#CCCCCOc1ccc(Cl)cc1CCl. The minimum Gasteiger partial charge on any atom is -0.493 e. The Hall–Kier alpha value is -0.910. The lowest BCUT2D eigenvalue weighted by atomic mass is 10.2. The lowest BCUT2D eigenvalue weighted by Gasteiger charge is -2.09. The highest BCUT2D eigenvalue weighted by Gasteiger charge is 2.03. The van der Waals surface area contributed by atoms with Gasteiger partial charge in [-0.25, -0.2) is 0 Å². The molecule has 86 valence electrons. The van der Waals surface area contributed by atoms with E-state index in [0.717, 1.165) is 24.2 Å². The summed E-state index contributed by atoms with van der Waals surface area (Å²) in [6.45, 7) is 0.604. The number of halogens is 2. The molecular weight excluding hydrogens is 245 g/mol. The van der Waals surface area contributed by atoms with Crippen molar-refractivity contribution in [1.29, 1.82) is 5.26 Å². The number of nitriles is 1. The third-order valence-corrected chi connectivity index (χ3v) is 2.63. The number of nitrogens with zero attached hydrogens (tertiary/aromatic N) is 1. The van der Waals surface area contributed by atoms with Crippen molar-refractivity contribution in [3.63, 3.8) is 0 Å². The Morgan fingerprint density at radius 2 is 2.12 bits per heavy atom. The fourth-order valence-electron chi connectivity index (χ4n) is 1.28. The maximum atomic E-state index is 8.37. The smallest absolute Gasteiger partial charge is 0.123 e. The maximum absolute atomic E-state index is 8.37. The summed E-state index contributed by atoms with van der Waals surface area (Å²) in [4.78, 5) is 0. The predicted molar refractivity (Wildman–Crippen MR) is 66.0 cm³/mol. The van der Waals surface area contributed by atoms with Gasteiger partial charge in [-0.15, -0.1) is 11.6 Å². The van der Waals surface area contributed by atoms with Crippen molar-refractivity contribution < 1.29 is 4.74 Å². The Morgan fingerprint density at radius 3 is 2.81 bits per heavy atom. The van der Waals surface area contributed by atoms with Crippen LogP contribution < -0.4 is 4.74 Å². The van der Waals surface area contributed by atoms with Gasteiger partial charge in [0.05, 0.1) is 18.6 Å². The first-order valence-electron chi connectivity index (χ1n) is 5.12. The zero-order valence-corrected chi connectivity index (χ0v) is 10.4. The van der Waals surface area contributed by atoms with E-state index in [1.54, 1.807) is 12.1 Å². The summed E-state index contributed by atoms with van der Waals surface area (Å²) >= 11 is 11.6. The Kier molecular flexibility index (Phi) is 6.07. The summed E-state index contributed by atoms with van der Waals surface area (Å²) in [5.74, 6) is 1.16. The van der Waals surface area contributed by atoms with Gasteiger partial charge >= 0.3 is 0 Å². The van der Waals surface area contributed by atoms with Crippen LogP contribution in [0.5, 0.6) is 5.75 Å². The van der Waals surface area contributed by atoms with Crippen LogP contribution in [0.25, 0.3) is 0 Å². The van der Waals surface area contributed by atoms with Crippen molar-refractivity contribution in [3.05, 3.63) is 28.8 Å². The first kappa shape index (κ1) is 13.2. The van der Waals surface area contributed by atoms with E-state index in [1.165, 1.54) is 0 Å². The summed E-state index contributed by atoms with van der Waals surface area (Å²) < 4.78 is 5.58. The van der Waals surface area contributed by atoms with Crippen LogP contribution in [0.15, 0.2) is 18.2 Å². The van der Waals surface area contributed by atoms with Crippen molar-refractivity contribution in [3.8, 4) is 11.8 Å². The van der Waals surface area contributed by atoms with Crippen LogP contribution in [0.3, 0.4) is 0 Å². The molecule has 2 nitrogen and oxygen atoms in total. The molecule has 0 aliphatic heterocycles. The first-order valence-corrected chi connectivity index (χ1v) is 6.03. The largest absolute Gasteiger partial charge is 0.493 e. The van der Waals surface area contributed by atoms with Crippen LogP contribution in [0.2, 0.25) is 5.02 Å². The second-order valence-corrected chi connectivity index (χ2v) is 4.05. The number of ether oxygens (including phenoxy) is 1. The van der Waals surface area contributed by atoms with E-state index in [-0.39, 0.29) is 0 Å². The summed E-state index contributed by atoms with van der Waals surface area (Å²) in [5.41, 5.74) is 0.898. The number of unbranched alkanes of at least 4 members (excludes halogenated alkanes) is 2. The zero-order valence-electron chi connectivity index (χ0n) is 8.88. The van der Waals surface area contributed by atoms with Crippen molar-refractivity contribution in [1.82, 2.24) is 0 Å². The van der Waals surface area contributed by atoms with Crippen LogP contribution in [0.1, 0.15) is 24.8 Å². The molecular formula is C12H13Cl2NO. The van der Waals surface area contributed by atoms with Gasteiger partial charge in [-0.3, -0.25) is 0 Å². The summed E-state index contributed by atoms with van der Waals surface area (Å²) in [6.07, 6.45) is 2.31. The molecule has 0 fully saturated rings. The fraction of sp³-hybridized carbons (Fsp3) is 0.417. The van der Waals surface area contributed by atoms with Gasteiger partial charge in [0.25, 0.3) is 0 Å². The van der Waals surface area contributed by atoms with Gasteiger partial charge in [-0.05, 0) is 31.0 Å². The fourth-order valence-corrected chi connectivity index (χ4v) is 1.69. The van der Waals surface area contributed by atoms with Crippen molar-refractivity contribution in [2.75, 3.05) is 6.61 Å². The van der Waals surface area contributed by atoms with Crippen LogP contribution in [0.4, 0.5) is 0 Å². The minimum atomic E-state index is 0.383. The number of hydrogen-bond acceptors (Lipinski definition) is 2. The average molecular weight is 258 g/mol. The molecule has 4 heteroatoms. The highest BCUT2D eigenvalue weighted by atomic mass is 35.5. The number of hydrogen-bond donors (Lipinski definition) is 0. The van der Waals surface area contributed by atoms with E-state index in [4.69, 9.17) is 33.2 Å². The van der Waals surface area contributed by atoms with Gasteiger partial charge in [-0.2, -0.15) is 5.26 Å². The molecule has 0 aliphatic carbocycles. The summed E-state index contributed by atoms with van der Waals surface area (Å²) in [6, 6.07) is 7.51. The molecule has 0 saturated heterocycles. The minimum absolute atomic E-state index is 0.383. The van der Waals surface area contributed by atoms with Crippen LogP contribution >= 0.6 is 23.2 Å². The molecule has 0 saturated carbocycles. The lowest BCUT2D eigenvalue weighted by molar-refractivity contribution is 0.305. The highest BCUT2D eigenvalue weighted by Crippen LogP contribution is 2.24. The number of rotatable bonds is 6. The van der Waals surface area contributed by atoms with E-state index in [2.05, 4.69) is 6.07 Å². The molecule has 0 unspecified atom stereocenters. The second-order valence-electron chi connectivity index (χ2n) is 3.35. The molecule has 16 heavy (non-hydrogen) atoms. The third-order valence-electron chi connectivity index (χ3n) is 2.11. The monoisotopic (exact) mass is 257 g/mol. The summed E-state index contributed by atoms with van der Waals surface area (Å²) in [7, 11) is 0. The second kappa shape index (κ2) is 7.38. The van der Waals surface area contributed by atoms with Gasteiger partial charge in [0.1, 0.15) is 5.75 Å². The van der Waals surface area contributed by atoms with Gasteiger partial charge in [0.2, 0.25) is 0 Å². The highest BCUT2D eigenvalue weighted by molar-refractivity contribution is 6.30. The molecule has 1 aromatic rings. The van der Waals surface area contributed by atoms with Gasteiger partial charge < -0.3 is 4.74 Å². The van der Waals surface area contributed by atoms with Gasteiger partial charge in [-0.1, -0.05) is 11.6 Å². The Labute approximate surface area is 106 Å². The topological polar surface area (TPSA) is 33.0 Å². The molecule has 0 heterocycles. The van der Waals surface area contributed by atoms with Crippen LogP contribution in [-0.2, 0) is 5.88 Å². The molecule has 0 spiro atoms. The molecule has 0 amide bonds. The molecule has 0 aliphatic rings. The number of alkyl halides is 1. The van der Waals surface area contributed by atoms with E-state index in [9.17, 15) is 0 Å². The zero-order chi connectivity index (χ0) is 11.8. The maximum Gasteiger partial charge on any atom is 0.123 e. The molecule has 1 aromatic carbocycles. The van der Waals surface area contributed by atoms with E-state index < -0.39 is 0 Å². The van der Waals surface area contributed by atoms with Crippen molar-refractivity contribution in [2.24, 2.45) is 0 Å². The predicted octanol–water partition coefficient (Wildman–Crippen LogP) is 4.15. The normalized spacial score (nSPS) is 9.81. The molecule has 1 rings (SSSR count). The first-order chi connectivity index (χ1) is 7.77. The van der Waals surface area contributed by atoms with Gasteiger partial charge in [0, 0.05) is 17.0 Å². The Balaban J connectivity index is 2.44. The third kappa shape index (κ3) is 4.30. The Morgan fingerprint density at radius 1 is 1.31 bits per heavy atom. The van der Waals surface area contributed by atoms with Crippen molar-refractivity contribution >= 4 is 23.2 Å². The standard InChI is InChI=1S/C12H13Cl2NO/c13-9-10-8-11(14)4-5-12(10)16-7-3-1-2-6-15/h4-5,8H,1-3,7,9H2. The quantitative estimate of drug-likeness (QED) is 0.567. The van der Waals surface area contributed by atoms with Gasteiger partial charge in [0.15, 0.2) is 0 Å². The molecule has 0 bridgehead atoms. The van der Waals surface area contributed by atoms with Crippen molar-refractivity contribution in [2.45, 2.75) is 25.1 Å². The average Bonchev–Trinajstić information content (AvgIpc) is 2.30. The van der Waals surface area contributed by atoms with Crippen LogP contribution in [-0.4, -0.2) is 6.61 Å². The Bertz CT molecular complexity index is 374. The molecule has 0 aromatic heterocycles. The lowest BCUT2D eigenvalue weighted by Crippen LogP contribution is -1.99. The van der Waals surface area contributed by atoms with E-state index in [0.29, 0.717) is 23.9 Å². The van der Waals surface area contributed by atoms with Crippen LogP contribution in [0, 0.1) is 11.3 Å². The van der Waals surface area contributed by atoms with E-state index >= 15 is 0 Å². The molecule has 0 N–H and O–H groups in total. The summed E-state index contributed by atoms with van der Waals surface area (Å²) in [5, 5.41) is 9.03. The molecule has 0 atom stereocenters.